The third-order valence-corrected chi connectivity index (χ3v) is 6.94. The van der Waals surface area contributed by atoms with Crippen molar-refractivity contribution < 1.29 is 14.7 Å². The maximum Gasteiger partial charge on any atom is 0.328 e. The van der Waals surface area contributed by atoms with E-state index in [4.69, 9.17) is 5.11 Å². The van der Waals surface area contributed by atoms with Gasteiger partial charge in [-0.2, -0.15) is 0 Å². The van der Waals surface area contributed by atoms with Crippen LogP contribution in [0.1, 0.15) is 67.6 Å². The molecule has 0 heterocycles. The van der Waals surface area contributed by atoms with Gasteiger partial charge in [-0.25, -0.2) is 4.79 Å². The summed E-state index contributed by atoms with van der Waals surface area (Å²) in [6, 6.07) is 21.3. The molecule has 3 aromatic rings. The van der Waals surface area contributed by atoms with Crippen LogP contribution in [0, 0.1) is 0 Å². The molecule has 4 nitrogen and oxygen atoms in total. The van der Waals surface area contributed by atoms with Crippen molar-refractivity contribution in [2.24, 2.45) is 0 Å². The molecule has 0 saturated carbocycles. The number of hydrogen-bond donors (Lipinski definition) is 2. The number of carboxylic acid groups (broad SMARTS) is 1. The lowest BCUT2D eigenvalue weighted by Gasteiger charge is -2.42. The minimum atomic E-state index is -0.990. The molecule has 0 atom stereocenters. The van der Waals surface area contributed by atoms with Crippen LogP contribution < -0.4 is 5.32 Å². The van der Waals surface area contributed by atoms with E-state index in [1.54, 1.807) is 18.2 Å². The number of nitrogens with one attached hydrogen (secondary N) is 1. The van der Waals surface area contributed by atoms with Crippen LogP contribution in [-0.2, 0) is 15.6 Å². The Morgan fingerprint density at radius 3 is 2.18 bits per heavy atom. The van der Waals surface area contributed by atoms with Gasteiger partial charge in [0.25, 0.3) is 5.91 Å². The molecule has 0 unspecified atom stereocenters. The second-order valence-corrected chi connectivity index (χ2v) is 10.3. The molecule has 2 N–H and O–H groups in total. The Balaban J connectivity index is 1.56. The highest BCUT2D eigenvalue weighted by Gasteiger charge is 2.37. The molecule has 34 heavy (non-hydrogen) atoms. The Bertz CT molecular complexity index is 1270. The van der Waals surface area contributed by atoms with Gasteiger partial charge in [-0.15, -0.1) is 0 Å². The first-order chi connectivity index (χ1) is 16.1. The van der Waals surface area contributed by atoms with Gasteiger partial charge in [0.15, 0.2) is 0 Å². The molecule has 0 bridgehead atoms. The van der Waals surface area contributed by atoms with Gasteiger partial charge in [-0.1, -0.05) is 70.2 Å². The van der Waals surface area contributed by atoms with Gasteiger partial charge in [0.05, 0.1) is 0 Å². The Morgan fingerprint density at radius 2 is 1.50 bits per heavy atom. The first-order valence-electron chi connectivity index (χ1n) is 11.6. The molecule has 1 amide bonds. The average molecular weight is 454 g/mol. The van der Waals surface area contributed by atoms with E-state index in [1.807, 2.05) is 42.5 Å². The van der Waals surface area contributed by atoms with Crippen molar-refractivity contribution in [3.63, 3.8) is 0 Å². The summed E-state index contributed by atoms with van der Waals surface area (Å²) in [5, 5.41) is 12.0. The van der Waals surface area contributed by atoms with Crippen LogP contribution in [0.2, 0.25) is 0 Å². The van der Waals surface area contributed by atoms with Gasteiger partial charge in [-0.3, -0.25) is 4.79 Å². The summed E-state index contributed by atoms with van der Waals surface area (Å²) < 4.78 is 0. The monoisotopic (exact) mass is 453 g/mol. The molecule has 0 fully saturated rings. The lowest BCUT2D eigenvalue weighted by atomic mass is 9.63. The third-order valence-electron chi connectivity index (χ3n) is 6.94. The molecule has 0 aromatic heterocycles. The normalized spacial score (nSPS) is 16.1. The molecule has 0 saturated heterocycles. The summed E-state index contributed by atoms with van der Waals surface area (Å²) in [5.74, 6) is -1.14. The van der Waals surface area contributed by atoms with E-state index in [1.165, 1.54) is 11.1 Å². The number of rotatable bonds is 5. The third kappa shape index (κ3) is 4.81. The minimum Gasteiger partial charge on any atom is -0.478 e. The molecular formula is C30H31NO3. The fraction of sp³-hybridized carbons (Fsp3) is 0.267. The van der Waals surface area contributed by atoms with E-state index >= 15 is 0 Å². The quantitative estimate of drug-likeness (QED) is 0.407. The van der Waals surface area contributed by atoms with E-state index < -0.39 is 5.97 Å². The van der Waals surface area contributed by atoms with Crippen molar-refractivity contribution in [3.8, 4) is 11.1 Å². The van der Waals surface area contributed by atoms with E-state index in [2.05, 4.69) is 45.1 Å². The number of carboxylic acids is 1. The smallest absolute Gasteiger partial charge is 0.328 e. The van der Waals surface area contributed by atoms with Crippen LogP contribution in [0.4, 0.5) is 5.69 Å². The summed E-state index contributed by atoms with van der Waals surface area (Å²) in [7, 11) is 0. The molecule has 1 aliphatic carbocycles. The number of aliphatic carboxylic acids is 1. The van der Waals surface area contributed by atoms with Gasteiger partial charge >= 0.3 is 5.97 Å². The number of carbonyl (C=O) groups is 2. The molecular weight excluding hydrogens is 422 g/mol. The van der Waals surface area contributed by atoms with Crippen molar-refractivity contribution >= 4 is 23.6 Å². The van der Waals surface area contributed by atoms with Gasteiger partial charge in [0.2, 0.25) is 0 Å². The number of benzene rings is 3. The van der Waals surface area contributed by atoms with Crippen LogP contribution >= 0.6 is 0 Å². The van der Waals surface area contributed by atoms with Crippen LogP contribution in [-0.4, -0.2) is 17.0 Å². The Hall–Kier alpha value is -3.66. The molecule has 174 valence electrons. The Kier molecular flexibility index (Phi) is 6.18. The number of fused-ring (bicyclic) bond motifs is 1. The highest BCUT2D eigenvalue weighted by atomic mass is 16.4. The van der Waals surface area contributed by atoms with E-state index in [-0.39, 0.29) is 16.7 Å². The maximum atomic E-state index is 13.0. The summed E-state index contributed by atoms with van der Waals surface area (Å²) >= 11 is 0. The van der Waals surface area contributed by atoms with Crippen LogP contribution in [0.3, 0.4) is 0 Å². The van der Waals surface area contributed by atoms with E-state index in [9.17, 15) is 9.59 Å². The second kappa shape index (κ2) is 8.94. The molecule has 1 aliphatic rings. The lowest BCUT2D eigenvalue weighted by Crippen LogP contribution is -2.33. The molecule has 3 aromatic carbocycles. The van der Waals surface area contributed by atoms with Crippen molar-refractivity contribution in [2.75, 3.05) is 5.32 Å². The fourth-order valence-electron chi connectivity index (χ4n) is 4.74. The van der Waals surface area contributed by atoms with Crippen LogP contribution in [0.25, 0.3) is 17.2 Å². The first-order valence-corrected chi connectivity index (χ1v) is 11.6. The van der Waals surface area contributed by atoms with Crippen molar-refractivity contribution in [1.29, 1.82) is 0 Å². The summed E-state index contributed by atoms with van der Waals surface area (Å²) in [6.07, 6.45) is 4.98. The van der Waals surface area contributed by atoms with Crippen molar-refractivity contribution in [2.45, 2.75) is 51.4 Å². The Labute approximate surface area is 201 Å². The summed E-state index contributed by atoms with van der Waals surface area (Å²) in [4.78, 5) is 23.9. The largest absolute Gasteiger partial charge is 0.478 e. The number of hydrogen-bond acceptors (Lipinski definition) is 2. The van der Waals surface area contributed by atoms with Crippen LogP contribution in [0.5, 0.6) is 0 Å². The zero-order valence-electron chi connectivity index (χ0n) is 20.2. The Morgan fingerprint density at radius 1 is 0.853 bits per heavy atom. The first kappa shape index (κ1) is 23.5. The SMILES string of the molecule is CC1(C)CCC(C)(C)c2cc(NC(=O)c3ccc(-c4ccccc4/C=C/C(=O)O)cc3)ccc21. The highest BCUT2D eigenvalue weighted by Crippen LogP contribution is 2.46. The van der Waals surface area contributed by atoms with Gasteiger partial charge in [0.1, 0.15) is 0 Å². The topological polar surface area (TPSA) is 66.4 Å². The number of amides is 1. The van der Waals surface area contributed by atoms with Crippen LogP contribution in [0.15, 0.2) is 72.8 Å². The molecule has 0 aliphatic heterocycles. The zero-order chi connectivity index (χ0) is 24.5. The predicted octanol–water partition coefficient (Wildman–Crippen LogP) is 7.05. The highest BCUT2D eigenvalue weighted by molar-refractivity contribution is 6.04. The lowest BCUT2D eigenvalue weighted by molar-refractivity contribution is -0.131. The number of carbonyl (C=O) groups excluding carboxylic acids is 1. The standard InChI is InChI=1S/C30H31NO3/c1-29(2)17-18-30(3,4)26-19-23(14-15-25(26)29)31-28(34)22-11-9-21(10-12-22)24-8-6-5-7-20(24)13-16-27(32)33/h5-16,19H,17-18H2,1-4H3,(H,31,34)(H,32,33)/b16-13+. The zero-order valence-corrected chi connectivity index (χ0v) is 20.2. The average Bonchev–Trinajstić information content (AvgIpc) is 2.81. The number of anilines is 1. The van der Waals surface area contributed by atoms with Gasteiger partial charge in [0, 0.05) is 17.3 Å². The van der Waals surface area contributed by atoms with Gasteiger partial charge in [-0.05, 0) is 81.8 Å². The summed E-state index contributed by atoms with van der Waals surface area (Å²) in [6.45, 7) is 9.12. The summed E-state index contributed by atoms with van der Waals surface area (Å²) in [5.41, 5.74) is 6.90. The second-order valence-electron chi connectivity index (χ2n) is 10.3. The predicted molar refractivity (Wildman–Crippen MR) is 138 cm³/mol. The minimum absolute atomic E-state index is 0.0791. The molecule has 0 radical (unpaired) electrons. The van der Waals surface area contributed by atoms with Gasteiger partial charge < -0.3 is 10.4 Å². The molecule has 4 heteroatoms. The van der Waals surface area contributed by atoms with Crippen molar-refractivity contribution in [3.05, 3.63) is 95.1 Å². The van der Waals surface area contributed by atoms with E-state index in [0.29, 0.717) is 5.56 Å². The molecule has 0 spiro atoms. The van der Waals surface area contributed by atoms with Crippen molar-refractivity contribution in [1.82, 2.24) is 0 Å². The maximum absolute atomic E-state index is 13.0. The fourth-order valence-corrected chi connectivity index (χ4v) is 4.74. The molecule has 4 rings (SSSR count). The van der Waals surface area contributed by atoms with E-state index in [0.717, 1.165) is 41.3 Å².